The van der Waals surface area contributed by atoms with E-state index in [4.69, 9.17) is 21.9 Å². The minimum Gasteiger partial charge on any atom is -0.490 e. The van der Waals surface area contributed by atoms with Gasteiger partial charge >= 0.3 is 0 Å². The SMILES string of the molecule is Cc1cc(C)cc(-n2c(C)cc([C@H]3[C@H](c4ccccn4)NC(=S)N3c3ccc(OC4CCCC4)cc3)c2C)c1. The fraction of sp³-hybridized carbons (Fsp3) is 0.333. The summed E-state index contributed by atoms with van der Waals surface area (Å²) in [6.07, 6.45) is 6.99. The predicted molar refractivity (Wildman–Crippen MR) is 162 cm³/mol. The molecule has 1 aliphatic heterocycles. The zero-order valence-electron chi connectivity index (χ0n) is 23.1. The maximum atomic E-state index is 6.25. The number of nitrogens with one attached hydrogen (secondary N) is 1. The third-order valence-electron chi connectivity index (χ3n) is 8.07. The molecular formula is C33H36N4OS. The molecule has 1 aliphatic carbocycles. The highest BCUT2D eigenvalue weighted by molar-refractivity contribution is 7.80. The van der Waals surface area contributed by atoms with Crippen molar-refractivity contribution in [2.24, 2.45) is 0 Å². The predicted octanol–water partition coefficient (Wildman–Crippen LogP) is 7.60. The van der Waals surface area contributed by atoms with Gasteiger partial charge in [0.15, 0.2) is 5.11 Å². The molecule has 39 heavy (non-hydrogen) atoms. The van der Waals surface area contributed by atoms with Crippen LogP contribution in [0.15, 0.2) is 72.9 Å². The molecular weight excluding hydrogens is 500 g/mol. The highest BCUT2D eigenvalue weighted by Gasteiger charge is 2.42. The standard InChI is InChI=1S/C33H36N4OS/c1-21-17-22(2)19-26(18-21)36-23(3)20-29(24(36)4)32-31(30-11-7-8-16-34-30)35-33(39)37(32)25-12-14-28(15-13-25)38-27-9-5-6-10-27/h7-8,11-20,27,31-32H,5-6,9-10H2,1-4H3,(H,35,39)/t31-,32-/m0/s1. The van der Waals surface area contributed by atoms with Gasteiger partial charge in [-0.3, -0.25) is 4.98 Å². The molecule has 2 aliphatic rings. The molecule has 0 bridgehead atoms. The summed E-state index contributed by atoms with van der Waals surface area (Å²) in [5.74, 6) is 0.926. The van der Waals surface area contributed by atoms with Gasteiger partial charge in [-0.15, -0.1) is 0 Å². The summed E-state index contributed by atoms with van der Waals surface area (Å²) < 4.78 is 8.61. The van der Waals surface area contributed by atoms with Gasteiger partial charge in [-0.05, 0) is 137 Å². The van der Waals surface area contributed by atoms with E-state index in [1.165, 1.54) is 46.6 Å². The van der Waals surface area contributed by atoms with Gasteiger partial charge in [-0.25, -0.2) is 0 Å². The highest BCUT2D eigenvalue weighted by Crippen LogP contribution is 2.44. The number of benzene rings is 2. The Hall–Kier alpha value is -3.64. The quantitative estimate of drug-likeness (QED) is 0.257. The monoisotopic (exact) mass is 536 g/mol. The maximum absolute atomic E-state index is 6.25. The van der Waals surface area contributed by atoms with Crippen LogP contribution < -0.4 is 15.0 Å². The van der Waals surface area contributed by atoms with Crippen LogP contribution >= 0.6 is 12.2 Å². The lowest BCUT2D eigenvalue weighted by Crippen LogP contribution is -2.29. The number of ether oxygens (including phenoxy) is 1. The van der Waals surface area contributed by atoms with Gasteiger partial charge in [0.25, 0.3) is 0 Å². The van der Waals surface area contributed by atoms with Gasteiger partial charge < -0.3 is 19.5 Å². The molecule has 3 heterocycles. The van der Waals surface area contributed by atoms with Gasteiger partial charge in [0.1, 0.15) is 5.75 Å². The third kappa shape index (κ3) is 4.94. The van der Waals surface area contributed by atoms with E-state index in [0.717, 1.165) is 30.0 Å². The van der Waals surface area contributed by atoms with Crippen LogP contribution in [0.25, 0.3) is 5.69 Å². The van der Waals surface area contributed by atoms with Crippen molar-refractivity contribution in [1.29, 1.82) is 0 Å². The second-order valence-electron chi connectivity index (χ2n) is 11.0. The largest absolute Gasteiger partial charge is 0.490 e. The lowest BCUT2D eigenvalue weighted by molar-refractivity contribution is 0.210. The van der Waals surface area contributed by atoms with E-state index in [1.54, 1.807) is 0 Å². The Labute approximate surface area is 236 Å². The summed E-state index contributed by atoms with van der Waals surface area (Å²) >= 11 is 5.98. The second kappa shape index (κ2) is 10.5. The molecule has 2 atom stereocenters. The van der Waals surface area contributed by atoms with Crippen molar-refractivity contribution in [2.45, 2.75) is 71.6 Å². The maximum Gasteiger partial charge on any atom is 0.174 e. The number of rotatable bonds is 6. The van der Waals surface area contributed by atoms with Crippen LogP contribution in [0, 0.1) is 27.7 Å². The van der Waals surface area contributed by atoms with Crippen molar-refractivity contribution in [3.63, 3.8) is 0 Å². The van der Waals surface area contributed by atoms with Crippen molar-refractivity contribution < 1.29 is 4.74 Å². The van der Waals surface area contributed by atoms with E-state index in [1.807, 2.05) is 18.3 Å². The lowest BCUT2D eigenvalue weighted by Gasteiger charge is -2.28. The van der Waals surface area contributed by atoms with Gasteiger partial charge in [0, 0.05) is 29.0 Å². The van der Waals surface area contributed by atoms with Crippen LogP contribution in [0.1, 0.15) is 71.5 Å². The van der Waals surface area contributed by atoms with E-state index in [-0.39, 0.29) is 12.1 Å². The molecule has 0 unspecified atom stereocenters. The zero-order valence-corrected chi connectivity index (χ0v) is 24.0. The number of pyridine rings is 1. The van der Waals surface area contributed by atoms with Crippen LogP contribution in [0.5, 0.6) is 5.75 Å². The van der Waals surface area contributed by atoms with Crippen LogP contribution in [0.3, 0.4) is 0 Å². The summed E-state index contributed by atoms with van der Waals surface area (Å²) in [6, 6.07) is 23.4. The van der Waals surface area contributed by atoms with Gasteiger partial charge in [0.2, 0.25) is 0 Å². The summed E-state index contributed by atoms with van der Waals surface area (Å²) in [4.78, 5) is 6.99. The zero-order chi connectivity index (χ0) is 27.1. The first kappa shape index (κ1) is 25.6. The molecule has 2 aromatic carbocycles. The second-order valence-corrected chi connectivity index (χ2v) is 11.4. The van der Waals surface area contributed by atoms with E-state index >= 15 is 0 Å². The fourth-order valence-electron chi connectivity index (χ4n) is 6.40. The summed E-state index contributed by atoms with van der Waals surface area (Å²) in [5.41, 5.74) is 9.38. The third-order valence-corrected chi connectivity index (χ3v) is 8.39. The number of aromatic nitrogens is 2. The van der Waals surface area contributed by atoms with Crippen molar-refractivity contribution >= 4 is 23.0 Å². The molecule has 0 spiro atoms. The van der Waals surface area contributed by atoms with Crippen molar-refractivity contribution in [3.05, 3.63) is 107 Å². The molecule has 5 nitrogen and oxygen atoms in total. The van der Waals surface area contributed by atoms with Crippen LogP contribution in [0.4, 0.5) is 5.69 Å². The van der Waals surface area contributed by atoms with Crippen molar-refractivity contribution in [3.8, 4) is 11.4 Å². The molecule has 4 aromatic rings. The summed E-state index contributed by atoms with van der Waals surface area (Å²) in [5, 5.41) is 4.31. The first-order valence-electron chi connectivity index (χ1n) is 13.9. The minimum atomic E-state index is -0.0821. The smallest absolute Gasteiger partial charge is 0.174 e. The van der Waals surface area contributed by atoms with Gasteiger partial charge in [-0.2, -0.15) is 0 Å². The normalized spacial score (nSPS) is 19.5. The number of hydrogen-bond donors (Lipinski definition) is 1. The van der Waals surface area contributed by atoms with Gasteiger partial charge in [-0.1, -0.05) is 12.1 Å². The highest BCUT2D eigenvalue weighted by atomic mass is 32.1. The number of nitrogens with zero attached hydrogens (tertiary/aromatic N) is 3. The van der Waals surface area contributed by atoms with Crippen molar-refractivity contribution in [2.75, 3.05) is 4.90 Å². The molecule has 1 saturated heterocycles. The average Bonchev–Trinajstić information content (AvgIpc) is 3.62. The molecule has 200 valence electrons. The molecule has 2 aromatic heterocycles. The van der Waals surface area contributed by atoms with Crippen LogP contribution in [0.2, 0.25) is 0 Å². The van der Waals surface area contributed by atoms with E-state index < -0.39 is 0 Å². The number of thiocarbonyl (C=S) groups is 1. The lowest BCUT2D eigenvalue weighted by atomic mass is 9.96. The first-order chi connectivity index (χ1) is 18.9. The molecule has 2 fully saturated rings. The van der Waals surface area contributed by atoms with E-state index in [0.29, 0.717) is 11.2 Å². The number of aryl methyl sites for hydroxylation is 3. The Balaban J connectivity index is 1.42. The van der Waals surface area contributed by atoms with E-state index in [9.17, 15) is 0 Å². The average molecular weight is 537 g/mol. The molecule has 0 radical (unpaired) electrons. The summed E-state index contributed by atoms with van der Waals surface area (Å²) in [7, 11) is 0. The Morgan fingerprint density at radius 2 is 1.59 bits per heavy atom. The summed E-state index contributed by atoms with van der Waals surface area (Å²) in [6.45, 7) is 8.71. The Morgan fingerprint density at radius 1 is 0.872 bits per heavy atom. The Morgan fingerprint density at radius 3 is 2.26 bits per heavy atom. The molecule has 6 rings (SSSR count). The fourth-order valence-corrected chi connectivity index (χ4v) is 6.74. The number of hydrogen-bond acceptors (Lipinski definition) is 3. The first-order valence-corrected chi connectivity index (χ1v) is 14.3. The Bertz CT molecular complexity index is 1470. The molecule has 1 saturated carbocycles. The molecule has 6 heteroatoms. The number of anilines is 1. The van der Waals surface area contributed by atoms with Crippen LogP contribution in [-0.2, 0) is 0 Å². The Kier molecular flexibility index (Phi) is 6.90. The van der Waals surface area contributed by atoms with E-state index in [2.05, 4.69) is 97.1 Å². The topological polar surface area (TPSA) is 42.3 Å². The van der Waals surface area contributed by atoms with Gasteiger partial charge in [0.05, 0.1) is 23.9 Å². The van der Waals surface area contributed by atoms with Crippen molar-refractivity contribution in [1.82, 2.24) is 14.9 Å². The minimum absolute atomic E-state index is 0.0557. The molecule has 0 amide bonds. The molecule has 1 N–H and O–H groups in total. The van der Waals surface area contributed by atoms with Crippen LogP contribution in [-0.4, -0.2) is 20.8 Å².